The van der Waals surface area contributed by atoms with Crippen LogP contribution in [0.25, 0.3) is 0 Å². The van der Waals surface area contributed by atoms with Crippen molar-refractivity contribution in [3.05, 3.63) is 11.5 Å². The van der Waals surface area contributed by atoms with Crippen molar-refractivity contribution in [1.29, 1.82) is 0 Å². The van der Waals surface area contributed by atoms with Gasteiger partial charge in [0, 0.05) is 0 Å². The molecule has 0 saturated heterocycles. The SMILES string of the molecule is CCC(O[Si](C)(C)C)(O[Si](C)(C)C)C(C)([SiH2]O[SiH3])C(C(=O)O)=C(O[Si](C)(C)C)O[Si](C)(C)C. The highest BCUT2D eigenvalue weighted by Crippen LogP contribution is 2.54. The van der Waals surface area contributed by atoms with Crippen LogP contribution >= 0.6 is 0 Å². The van der Waals surface area contributed by atoms with E-state index >= 15 is 0 Å². The summed E-state index contributed by atoms with van der Waals surface area (Å²) in [5, 5.41) is 9.63. The van der Waals surface area contributed by atoms with Gasteiger partial charge in [0.25, 0.3) is 5.95 Å². The normalized spacial score (nSPS) is 16.1. The molecule has 33 heavy (non-hydrogen) atoms. The second-order valence-corrected chi connectivity index (χ2v) is 34.4. The number of carbonyl (C=O) groups is 1. The first-order chi connectivity index (χ1) is 14.4. The summed E-state index contributed by atoms with van der Waals surface area (Å²) in [6.45, 7) is 28.8. The minimum absolute atomic E-state index is 0.105. The molecule has 0 rings (SSSR count). The van der Waals surface area contributed by atoms with Crippen molar-refractivity contribution in [2.75, 3.05) is 0 Å². The third kappa shape index (κ3) is 10.6. The monoisotopic (exact) mass is 570 g/mol. The quantitative estimate of drug-likeness (QED) is 0.144. The molecule has 0 heterocycles. The molecule has 0 fully saturated rings. The summed E-state index contributed by atoms with van der Waals surface area (Å²) in [5.74, 6) is -2.07. The lowest BCUT2D eigenvalue weighted by atomic mass is 9.89. The molecule has 0 aromatic heterocycles. The molecule has 0 aromatic rings. The van der Waals surface area contributed by atoms with E-state index in [-0.39, 0.29) is 11.5 Å². The van der Waals surface area contributed by atoms with Crippen molar-refractivity contribution >= 4 is 59.5 Å². The predicted octanol–water partition coefficient (Wildman–Crippen LogP) is 4.35. The first kappa shape index (κ1) is 33.0. The highest BCUT2D eigenvalue weighted by Gasteiger charge is 2.59. The maximum Gasteiger partial charge on any atom is 0.339 e. The fourth-order valence-corrected chi connectivity index (χ4v) is 11.7. The van der Waals surface area contributed by atoms with E-state index in [0.717, 1.165) is 0 Å². The maximum atomic E-state index is 13.0. The van der Waals surface area contributed by atoms with Crippen LogP contribution in [0.15, 0.2) is 11.5 Å². The number of carboxylic acids is 1. The summed E-state index contributed by atoms with van der Waals surface area (Å²) in [6.07, 6.45) is 0.500. The molecule has 0 saturated carbocycles. The summed E-state index contributed by atoms with van der Waals surface area (Å²) in [4.78, 5) is 13.0. The van der Waals surface area contributed by atoms with Gasteiger partial charge in [-0.3, -0.25) is 0 Å². The van der Waals surface area contributed by atoms with E-state index in [1.54, 1.807) is 0 Å². The topological polar surface area (TPSA) is 83.5 Å². The largest absolute Gasteiger partial charge is 0.520 e. The van der Waals surface area contributed by atoms with Gasteiger partial charge < -0.3 is 26.9 Å². The zero-order chi connectivity index (χ0) is 26.7. The van der Waals surface area contributed by atoms with Crippen LogP contribution in [0, 0.1) is 0 Å². The second kappa shape index (κ2) is 11.4. The van der Waals surface area contributed by atoms with Crippen molar-refractivity contribution in [1.82, 2.24) is 0 Å². The number of hydrogen-bond donors (Lipinski definition) is 1. The molecule has 0 bridgehead atoms. The molecule has 7 nitrogen and oxygen atoms in total. The average Bonchev–Trinajstić information content (AvgIpc) is 2.47. The standard InChI is InChI=1S/C20H50O7Si6/c1-15-20(25-32(9,10)11,26-33(12,13)14)19(2,29-27-28)16(17(21)22)18(23-30(3,4)5)24-31(6,7)8/h15,29H2,1-14,28H3,(H,21,22). The van der Waals surface area contributed by atoms with Crippen molar-refractivity contribution in [3.8, 4) is 0 Å². The van der Waals surface area contributed by atoms with Crippen molar-refractivity contribution < 1.29 is 31.7 Å². The fourth-order valence-electron chi connectivity index (χ4n) is 3.66. The minimum atomic E-state index is -2.20. The first-order valence-corrected chi connectivity index (χ1v) is 27.4. The molecule has 0 aliphatic rings. The summed E-state index contributed by atoms with van der Waals surface area (Å²) in [6, 6.07) is 0. The van der Waals surface area contributed by atoms with Gasteiger partial charge in [-0.25, -0.2) is 4.79 Å². The molecule has 1 N–H and O–H groups in total. The van der Waals surface area contributed by atoms with Gasteiger partial charge in [0.15, 0.2) is 32.2 Å². The Morgan fingerprint density at radius 1 is 0.818 bits per heavy atom. The Morgan fingerprint density at radius 2 is 1.18 bits per heavy atom. The highest BCUT2D eigenvalue weighted by molar-refractivity contribution is 6.72. The van der Waals surface area contributed by atoms with Gasteiger partial charge in [0.2, 0.25) is 16.6 Å². The summed E-state index contributed by atoms with van der Waals surface area (Å²) in [7, 11) is -9.69. The fraction of sp³-hybridized carbons (Fsp3) is 0.850. The number of carboxylic acid groups (broad SMARTS) is 1. The summed E-state index contributed by atoms with van der Waals surface area (Å²) >= 11 is 0. The van der Waals surface area contributed by atoms with Crippen LogP contribution in [0.2, 0.25) is 83.6 Å². The Hall–Kier alpha value is -0.00870. The zero-order valence-corrected chi connectivity index (χ0v) is 31.2. The van der Waals surface area contributed by atoms with Gasteiger partial charge in [-0.05, 0) is 85.0 Å². The third-order valence-electron chi connectivity index (χ3n) is 4.45. The molecule has 0 spiro atoms. The molecule has 196 valence electrons. The summed E-state index contributed by atoms with van der Waals surface area (Å²) in [5.41, 5.74) is 0.105. The van der Waals surface area contributed by atoms with Crippen LogP contribution in [-0.4, -0.2) is 70.4 Å². The first-order valence-electron chi connectivity index (χ1n) is 11.7. The van der Waals surface area contributed by atoms with Gasteiger partial charge >= 0.3 is 5.97 Å². The molecule has 0 aliphatic heterocycles. The van der Waals surface area contributed by atoms with Gasteiger partial charge in [-0.15, -0.1) is 0 Å². The Morgan fingerprint density at radius 3 is 1.39 bits per heavy atom. The minimum Gasteiger partial charge on any atom is -0.520 e. The molecule has 0 aliphatic carbocycles. The van der Waals surface area contributed by atoms with E-state index < -0.39 is 59.8 Å². The lowest BCUT2D eigenvalue weighted by molar-refractivity contribution is -0.161. The van der Waals surface area contributed by atoms with Crippen molar-refractivity contribution in [2.45, 2.75) is 110 Å². The van der Waals surface area contributed by atoms with E-state index in [0.29, 0.717) is 16.9 Å². The molecule has 0 amide bonds. The van der Waals surface area contributed by atoms with Gasteiger partial charge in [0.05, 0.1) is 5.04 Å². The van der Waals surface area contributed by atoms with E-state index in [1.807, 2.05) is 53.1 Å². The Bertz CT molecular complexity index is 668. The van der Waals surface area contributed by atoms with Crippen LogP contribution in [0.4, 0.5) is 0 Å². The predicted molar refractivity (Wildman–Crippen MR) is 153 cm³/mol. The Kier molecular flexibility index (Phi) is 11.4. The maximum absolute atomic E-state index is 13.0. The molecule has 0 radical (unpaired) electrons. The lowest BCUT2D eigenvalue weighted by Gasteiger charge is -2.53. The van der Waals surface area contributed by atoms with Crippen LogP contribution < -0.4 is 0 Å². The molecule has 13 heteroatoms. The molecule has 1 unspecified atom stereocenters. The van der Waals surface area contributed by atoms with E-state index in [9.17, 15) is 9.90 Å². The molecular weight excluding hydrogens is 521 g/mol. The smallest absolute Gasteiger partial charge is 0.339 e. The highest BCUT2D eigenvalue weighted by atomic mass is 28.4. The van der Waals surface area contributed by atoms with Gasteiger partial charge in [0.1, 0.15) is 16.1 Å². The van der Waals surface area contributed by atoms with E-state index in [2.05, 4.69) is 39.3 Å². The Balaban J connectivity index is 7.57. The van der Waals surface area contributed by atoms with Crippen molar-refractivity contribution in [3.63, 3.8) is 0 Å². The molecular formula is C20H50O7Si6. The van der Waals surface area contributed by atoms with Gasteiger partial charge in [-0.1, -0.05) is 13.8 Å². The third-order valence-corrected chi connectivity index (χ3v) is 10.6. The van der Waals surface area contributed by atoms with E-state index in [4.69, 9.17) is 21.8 Å². The zero-order valence-electron chi connectivity index (χ0n) is 23.8. The number of hydrogen-bond acceptors (Lipinski definition) is 6. The van der Waals surface area contributed by atoms with Crippen LogP contribution in [0.1, 0.15) is 20.3 Å². The van der Waals surface area contributed by atoms with Crippen LogP contribution in [0.5, 0.6) is 0 Å². The molecule has 1 atom stereocenters. The van der Waals surface area contributed by atoms with Crippen molar-refractivity contribution in [2.24, 2.45) is 0 Å². The number of aliphatic carboxylic acids is 1. The van der Waals surface area contributed by atoms with Crippen LogP contribution in [-0.2, 0) is 26.6 Å². The lowest BCUT2D eigenvalue weighted by Crippen LogP contribution is -2.59. The van der Waals surface area contributed by atoms with Gasteiger partial charge in [-0.2, -0.15) is 0 Å². The average molecular weight is 571 g/mol. The summed E-state index contributed by atoms with van der Waals surface area (Å²) < 4.78 is 32.4. The molecule has 0 aromatic carbocycles. The number of rotatable bonds is 14. The van der Waals surface area contributed by atoms with E-state index in [1.165, 1.54) is 0 Å². The van der Waals surface area contributed by atoms with Crippen LogP contribution in [0.3, 0.4) is 0 Å². The second-order valence-electron chi connectivity index (χ2n) is 12.7. The Labute approximate surface area is 212 Å².